The summed E-state index contributed by atoms with van der Waals surface area (Å²) in [5, 5.41) is 0. The largest absolute Gasteiger partial charge is 0.383 e. The van der Waals surface area contributed by atoms with Crippen molar-refractivity contribution in [3.63, 3.8) is 0 Å². The van der Waals surface area contributed by atoms with Gasteiger partial charge in [0.1, 0.15) is 0 Å². The maximum Gasteiger partial charge on any atom is 0.0905 e. The molecule has 0 unspecified atom stereocenters. The molecule has 0 fully saturated rings. The van der Waals surface area contributed by atoms with Crippen molar-refractivity contribution in [2.75, 3.05) is 43.3 Å². The van der Waals surface area contributed by atoms with Crippen molar-refractivity contribution in [2.24, 2.45) is 0 Å². The van der Waals surface area contributed by atoms with E-state index in [0.717, 1.165) is 26.4 Å². The molecule has 0 saturated carbocycles. The molecule has 0 bridgehead atoms. The molecule has 0 aliphatic carbocycles. The first-order valence-corrected chi connectivity index (χ1v) is 5.94. The molecule has 0 N–H and O–H groups in total. The van der Waals surface area contributed by atoms with Crippen molar-refractivity contribution in [1.29, 1.82) is 0 Å². The standard InChI is InChI=1S/C13H20N2O/c1-3-8-14-11-15(9-10-16-2)13-7-5-4-6-12(13)14/h4-7H,3,8-11H2,1-2H3. The normalized spacial score (nSPS) is 14.4. The second-order valence-electron chi connectivity index (χ2n) is 4.15. The number of rotatable bonds is 5. The second kappa shape index (κ2) is 5.21. The van der Waals surface area contributed by atoms with Crippen LogP contribution < -0.4 is 9.80 Å². The number of para-hydroxylation sites is 2. The molecule has 16 heavy (non-hydrogen) atoms. The van der Waals surface area contributed by atoms with Gasteiger partial charge in [0.2, 0.25) is 0 Å². The Morgan fingerprint density at radius 2 is 1.75 bits per heavy atom. The van der Waals surface area contributed by atoms with Gasteiger partial charge in [-0.15, -0.1) is 0 Å². The van der Waals surface area contributed by atoms with Gasteiger partial charge in [-0.1, -0.05) is 19.1 Å². The number of hydrogen-bond acceptors (Lipinski definition) is 3. The number of methoxy groups -OCH3 is 1. The van der Waals surface area contributed by atoms with E-state index < -0.39 is 0 Å². The molecule has 0 saturated heterocycles. The number of benzene rings is 1. The fraction of sp³-hybridized carbons (Fsp3) is 0.538. The second-order valence-corrected chi connectivity index (χ2v) is 4.15. The van der Waals surface area contributed by atoms with E-state index in [9.17, 15) is 0 Å². The van der Waals surface area contributed by atoms with Crippen LogP contribution in [-0.4, -0.2) is 33.5 Å². The lowest BCUT2D eigenvalue weighted by Gasteiger charge is -2.20. The van der Waals surface area contributed by atoms with Crippen molar-refractivity contribution >= 4 is 11.4 Å². The molecule has 2 rings (SSSR count). The molecule has 1 aromatic rings. The first kappa shape index (κ1) is 11.3. The van der Waals surface area contributed by atoms with Gasteiger partial charge in [0.15, 0.2) is 0 Å². The van der Waals surface area contributed by atoms with Crippen LogP contribution in [0.15, 0.2) is 24.3 Å². The minimum atomic E-state index is 0.786. The zero-order chi connectivity index (χ0) is 11.4. The molecular weight excluding hydrogens is 200 g/mol. The predicted molar refractivity (Wildman–Crippen MR) is 68.2 cm³/mol. The van der Waals surface area contributed by atoms with Crippen molar-refractivity contribution in [3.05, 3.63) is 24.3 Å². The molecule has 1 aliphatic rings. The third kappa shape index (κ3) is 2.14. The average molecular weight is 220 g/mol. The van der Waals surface area contributed by atoms with E-state index in [1.54, 1.807) is 7.11 Å². The number of anilines is 2. The molecular formula is C13H20N2O. The summed E-state index contributed by atoms with van der Waals surface area (Å²) in [4.78, 5) is 4.82. The zero-order valence-electron chi connectivity index (χ0n) is 10.1. The summed E-state index contributed by atoms with van der Waals surface area (Å²) in [5.41, 5.74) is 2.70. The van der Waals surface area contributed by atoms with Gasteiger partial charge >= 0.3 is 0 Å². The Hall–Kier alpha value is -1.22. The number of hydrogen-bond donors (Lipinski definition) is 0. The van der Waals surface area contributed by atoms with Gasteiger partial charge in [0, 0.05) is 20.2 Å². The fourth-order valence-electron chi connectivity index (χ4n) is 2.21. The quantitative estimate of drug-likeness (QED) is 0.757. The lowest BCUT2D eigenvalue weighted by Crippen LogP contribution is -2.33. The molecule has 1 aromatic carbocycles. The summed E-state index contributed by atoms with van der Waals surface area (Å²) in [6, 6.07) is 8.62. The first-order chi connectivity index (χ1) is 7.86. The van der Waals surface area contributed by atoms with Gasteiger partial charge in [-0.2, -0.15) is 0 Å². The molecule has 0 aromatic heterocycles. The minimum absolute atomic E-state index is 0.786. The maximum atomic E-state index is 5.15. The smallest absolute Gasteiger partial charge is 0.0905 e. The molecule has 0 atom stereocenters. The van der Waals surface area contributed by atoms with Crippen LogP contribution in [0.3, 0.4) is 0 Å². The lowest BCUT2D eigenvalue weighted by atomic mass is 10.2. The summed E-state index contributed by atoms with van der Waals surface area (Å²) in [5.74, 6) is 0. The van der Waals surface area contributed by atoms with Crippen LogP contribution in [0.2, 0.25) is 0 Å². The number of nitrogens with zero attached hydrogens (tertiary/aromatic N) is 2. The summed E-state index contributed by atoms with van der Waals surface area (Å²) in [6.07, 6.45) is 1.19. The highest BCUT2D eigenvalue weighted by Crippen LogP contribution is 2.35. The lowest BCUT2D eigenvalue weighted by molar-refractivity contribution is 0.205. The molecule has 88 valence electrons. The van der Waals surface area contributed by atoms with Gasteiger partial charge in [0.05, 0.1) is 24.7 Å². The molecule has 3 heteroatoms. The van der Waals surface area contributed by atoms with Crippen LogP contribution in [0.25, 0.3) is 0 Å². The van der Waals surface area contributed by atoms with Gasteiger partial charge in [0.25, 0.3) is 0 Å². The van der Waals surface area contributed by atoms with Crippen molar-refractivity contribution in [2.45, 2.75) is 13.3 Å². The highest BCUT2D eigenvalue weighted by atomic mass is 16.5. The topological polar surface area (TPSA) is 15.7 Å². The molecule has 0 radical (unpaired) electrons. The maximum absolute atomic E-state index is 5.15. The Kier molecular flexibility index (Phi) is 3.67. The Balaban J connectivity index is 2.14. The summed E-state index contributed by atoms with van der Waals surface area (Å²) >= 11 is 0. The summed E-state index contributed by atoms with van der Waals surface area (Å²) in [6.45, 7) is 6.10. The van der Waals surface area contributed by atoms with Crippen LogP contribution in [-0.2, 0) is 4.74 Å². The first-order valence-electron chi connectivity index (χ1n) is 5.94. The molecule has 1 heterocycles. The van der Waals surface area contributed by atoms with Gasteiger partial charge in [-0.25, -0.2) is 0 Å². The molecule has 3 nitrogen and oxygen atoms in total. The Morgan fingerprint density at radius 1 is 1.12 bits per heavy atom. The van der Waals surface area contributed by atoms with E-state index in [2.05, 4.69) is 41.0 Å². The highest BCUT2D eigenvalue weighted by Gasteiger charge is 2.23. The summed E-state index contributed by atoms with van der Waals surface area (Å²) < 4.78 is 5.15. The number of fused-ring (bicyclic) bond motifs is 1. The van der Waals surface area contributed by atoms with E-state index in [1.807, 2.05) is 0 Å². The predicted octanol–water partition coefficient (Wildman–Crippen LogP) is 2.33. The SMILES string of the molecule is CCCN1CN(CCOC)c2ccccc21. The minimum Gasteiger partial charge on any atom is -0.383 e. The van der Waals surface area contributed by atoms with E-state index in [1.165, 1.54) is 17.8 Å². The zero-order valence-corrected chi connectivity index (χ0v) is 10.1. The van der Waals surface area contributed by atoms with Crippen molar-refractivity contribution < 1.29 is 4.74 Å². The molecule has 0 spiro atoms. The van der Waals surface area contributed by atoms with E-state index in [0.29, 0.717) is 0 Å². The van der Waals surface area contributed by atoms with Crippen molar-refractivity contribution in [1.82, 2.24) is 0 Å². The van der Waals surface area contributed by atoms with Crippen LogP contribution >= 0.6 is 0 Å². The van der Waals surface area contributed by atoms with Crippen LogP contribution in [0.4, 0.5) is 11.4 Å². The van der Waals surface area contributed by atoms with Crippen LogP contribution in [0.5, 0.6) is 0 Å². The summed E-state index contributed by atoms with van der Waals surface area (Å²) in [7, 11) is 1.76. The fourth-order valence-corrected chi connectivity index (χ4v) is 2.21. The average Bonchev–Trinajstić information content (AvgIpc) is 2.66. The van der Waals surface area contributed by atoms with Gasteiger partial charge in [-0.05, 0) is 18.6 Å². The Bertz CT molecular complexity index is 340. The van der Waals surface area contributed by atoms with E-state index in [-0.39, 0.29) is 0 Å². The highest BCUT2D eigenvalue weighted by molar-refractivity contribution is 5.76. The van der Waals surface area contributed by atoms with Crippen molar-refractivity contribution in [3.8, 4) is 0 Å². The Morgan fingerprint density at radius 3 is 2.31 bits per heavy atom. The Labute approximate surface area is 97.6 Å². The molecule has 1 aliphatic heterocycles. The van der Waals surface area contributed by atoms with Crippen LogP contribution in [0.1, 0.15) is 13.3 Å². The van der Waals surface area contributed by atoms with Gasteiger partial charge in [-0.3, -0.25) is 0 Å². The third-order valence-electron chi connectivity index (χ3n) is 2.96. The van der Waals surface area contributed by atoms with E-state index >= 15 is 0 Å². The third-order valence-corrected chi connectivity index (χ3v) is 2.96. The molecule has 0 amide bonds. The van der Waals surface area contributed by atoms with Gasteiger partial charge < -0.3 is 14.5 Å². The van der Waals surface area contributed by atoms with Crippen LogP contribution in [0, 0.1) is 0 Å². The monoisotopic (exact) mass is 220 g/mol. The van der Waals surface area contributed by atoms with E-state index in [4.69, 9.17) is 4.74 Å². The number of ether oxygens (including phenoxy) is 1.